The van der Waals surface area contributed by atoms with Gasteiger partial charge in [0.1, 0.15) is 5.76 Å². The number of furan rings is 1. The van der Waals surface area contributed by atoms with Crippen LogP contribution < -0.4 is 11.1 Å². The van der Waals surface area contributed by atoms with Gasteiger partial charge in [0, 0.05) is 12.0 Å². The summed E-state index contributed by atoms with van der Waals surface area (Å²) in [6.45, 7) is 0.763. The second-order valence-corrected chi connectivity index (χ2v) is 4.41. The topological polar surface area (TPSA) is 68.3 Å². The Kier molecular flexibility index (Phi) is 3.62. The molecule has 1 aromatic heterocycles. The summed E-state index contributed by atoms with van der Waals surface area (Å²) >= 11 is 0. The summed E-state index contributed by atoms with van der Waals surface area (Å²) in [6.07, 6.45) is 5.54. The third kappa shape index (κ3) is 2.85. The molecule has 1 saturated carbocycles. The van der Waals surface area contributed by atoms with Crippen LogP contribution in [0.15, 0.2) is 22.8 Å². The fourth-order valence-corrected chi connectivity index (χ4v) is 2.24. The number of amides is 1. The van der Waals surface area contributed by atoms with Gasteiger partial charge in [-0.1, -0.05) is 0 Å². The highest BCUT2D eigenvalue weighted by atomic mass is 16.3. The molecule has 16 heavy (non-hydrogen) atoms. The first-order valence-electron chi connectivity index (χ1n) is 5.81. The fourth-order valence-electron chi connectivity index (χ4n) is 2.24. The minimum Gasteiger partial charge on any atom is -0.468 e. The molecule has 0 spiro atoms. The number of primary amides is 1. The van der Waals surface area contributed by atoms with Crippen molar-refractivity contribution in [3.8, 4) is 0 Å². The van der Waals surface area contributed by atoms with Gasteiger partial charge in [0.05, 0.1) is 12.8 Å². The van der Waals surface area contributed by atoms with Crippen LogP contribution in [0.5, 0.6) is 0 Å². The van der Waals surface area contributed by atoms with E-state index in [1.807, 2.05) is 12.1 Å². The van der Waals surface area contributed by atoms with Crippen LogP contribution in [0.25, 0.3) is 0 Å². The van der Waals surface area contributed by atoms with E-state index in [1.165, 1.54) is 0 Å². The minimum atomic E-state index is -0.149. The number of carbonyl (C=O) groups excluding carboxylic acids is 1. The Balaban J connectivity index is 1.71. The van der Waals surface area contributed by atoms with Crippen molar-refractivity contribution in [2.75, 3.05) is 0 Å². The Morgan fingerprint density at radius 1 is 1.44 bits per heavy atom. The number of nitrogens with one attached hydrogen (secondary N) is 1. The molecule has 4 nitrogen and oxygen atoms in total. The maximum absolute atomic E-state index is 11.0. The molecule has 0 unspecified atom stereocenters. The van der Waals surface area contributed by atoms with E-state index in [4.69, 9.17) is 10.2 Å². The summed E-state index contributed by atoms with van der Waals surface area (Å²) in [5, 5.41) is 3.44. The Hall–Kier alpha value is -1.29. The monoisotopic (exact) mass is 222 g/mol. The molecule has 0 bridgehead atoms. The molecular formula is C12H18N2O2. The predicted molar refractivity (Wildman–Crippen MR) is 60.5 cm³/mol. The van der Waals surface area contributed by atoms with Crippen LogP contribution in [0, 0.1) is 5.92 Å². The van der Waals surface area contributed by atoms with Crippen LogP contribution in [0.4, 0.5) is 0 Å². The van der Waals surface area contributed by atoms with Crippen LogP contribution in [0.2, 0.25) is 0 Å². The third-order valence-electron chi connectivity index (χ3n) is 3.27. The van der Waals surface area contributed by atoms with E-state index < -0.39 is 0 Å². The lowest BCUT2D eigenvalue weighted by atomic mass is 9.85. The van der Waals surface area contributed by atoms with Crippen molar-refractivity contribution in [3.05, 3.63) is 24.2 Å². The van der Waals surface area contributed by atoms with E-state index in [0.717, 1.165) is 38.0 Å². The predicted octanol–water partition coefficient (Wildman–Crippen LogP) is 1.41. The Bertz CT molecular complexity index is 327. The lowest BCUT2D eigenvalue weighted by Gasteiger charge is -2.27. The molecular weight excluding hydrogens is 204 g/mol. The summed E-state index contributed by atoms with van der Waals surface area (Å²) in [5.41, 5.74) is 5.29. The van der Waals surface area contributed by atoms with Crippen molar-refractivity contribution in [2.24, 2.45) is 11.7 Å². The van der Waals surface area contributed by atoms with Crippen molar-refractivity contribution < 1.29 is 9.21 Å². The van der Waals surface area contributed by atoms with Crippen molar-refractivity contribution in [1.29, 1.82) is 0 Å². The summed E-state index contributed by atoms with van der Waals surface area (Å²) < 4.78 is 5.25. The van der Waals surface area contributed by atoms with Crippen molar-refractivity contribution in [3.63, 3.8) is 0 Å². The maximum atomic E-state index is 11.0. The molecule has 1 aromatic rings. The van der Waals surface area contributed by atoms with Gasteiger partial charge >= 0.3 is 0 Å². The van der Waals surface area contributed by atoms with Crippen molar-refractivity contribution in [1.82, 2.24) is 5.32 Å². The van der Waals surface area contributed by atoms with E-state index in [0.29, 0.717) is 6.04 Å². The number of carbonyl (C=O) groups is 1. The third-order valence-corrected chi connectivity index (χ3v) is 3.27. The van der Waals surface area contributed by atoms with Gasteiger partial charge in [0.2, 0.25) is 5.91 Å². The van der Waals surface area contributed by atoms with E-state index in [2.05, 4.69) is 5.32 Å². The van der Waals surface area contributed by atoms with Gasteiger partial charge in [-0.3, -0.25) is 4.79 Å². The standard InChI is InChI=1S/C12H18N2O2/c13-12(15)9-3-5-10(6-4-9)14-8-11-2-1-7-16-11/h1-2,7,9-10,14H,3-6,8H2,(H2,13,15). The molecule has 0 radical (unpaired) electrons. The number of hydrogen-bond acceptors (Lipinski definition) is 3. The summed E-state index contributed by atoms with van der Waals surface area (Å²) in [4.78, 5) is 11.0. The SMILES string of the molecule is NC(=O)C1CCC(NCc2ccco2)CC1. The highest BCUT2D eigenvalue weighted by molar-refractivity contribution is 5.76. The fraction of sp³-hybridized carbons (Fsp3) is 0.583. The van der Waals surface area contributed by atoms with Gasteiger partial charge in [-0.15, -0.1) is 0 Å². The second-order valence-electron chi connectivity index (χ2n) is 4.41. The Labute approximate surface area is 95.2 Å². The molecule has 0 saturated heterocycles. The molecule has 0 atom stereocenters. The van der Waals surface area contributed by atoms with Crippen LogP contribution in [-0.4, -0.2) is 11.9 Å². The number of hydrogen-bond donors (Lipinski definition) is 2. The van der Waals surface area contributed by atoms with Crippen LogP contribution in [0.3, 0.4) is 0 Å². The van der Waals surface area contributed by atoms with Crippen molar-refractivity contribution >= 4 is 5.91 Å². The van der Waals surface area contributed by atoms with Gasteiger partial charge in [0.15, 0.2) is 0 Å². The van der Waals surface area contributed by atoms with Gasteiger partial charge in [-0.05, 0) is 37.8 Å². The van der Waals surface area contributed by atoms with Crippen LogP contribution in [0.1, 0.15) is 31.4 Å². The molecule has 3 N–H and O–H groups in total. The quantitative estimate of drug-likeness (QED) is 0.809. The van der Waals surface area contributed by atoms with E-state index >= 15 is 0 Å². The molecule has 1 heterocycles. The highest BCUT2D eigenvalue weighted by Gasteiger charge is 2.24. The molecule has 1 fully saturated rings. The molecule has 88 valence electrons. The largest absolute Gasteiger partial charge is 0.468 e. The number of rotatable bonds is 4. The first-order chi connectivity index (χ1) is 7.75. The summed E-state index contributed by atoms with van der Waals surface area (Å²) in [5.74, 6) is 0.892. The molecule has 1 aliphatic carbocycles. The van der Waals surface area contributed by atoms with E-state index in [9.17, 15) is 4.79 Å². The first-order valence-corrected chi connectivity index (χ1v) is 5.81. The van der Waals surface area contributed by atoms with Gasteiger partial charge < -0.3 is 15.5 Å². The van der Waals surface area contributed by atoms with Crippen LogP contribution in [-0.2, 0) is 11.3 Å². The minimum absolute atomic E-state index is 0.0849. The average molecular weight is 222 g/mol. The number of nitrogens with two attached hydrogens (primary N) is 1. The van der Waals surface area contributed by atoms with Crippen molar-refractivity contribution in [2.45, 2.75) is 38.3 Å². The molecule has 2 rings (SSSR count). The summed E-state index contributed by atoms with van der Waals surface area (Å²) in [6, 6.07) is 4.34. The van der Waals surface area contributed by atoms with Gasteiger partial charge in [0.25, 0.3) is 0 Å². The highest BCUT2D eigenvalue weighted by Crippen LogP contribution is 2.24. The maximum Gasteiger partial charge on any atom is 0.220 e. The second kappa shape index (κ2) is 5.16. The molecule has 0 aromatic carbocycles. The van der Waals surface area contributed by atoms with Gasteiger partial charge in [-0.2, -0.15) is 0 Å². The summed E-state index contributed by atoms with van der Waals surface area (Å²) in [7, 11) is 0. The zero-order chi connectivity index (χ0) is 11.4. The van der Waals surface area contributed by atoms with Gasteiger partial charge in [-0.25, -0.2) is 0 Å². The first kappa shape index (κ1) is 11.2. The lowest BCUT2D eigenvalue weighted by Crippen LogP contribution is -2.36. The zero-order valence-electron chi connectivity index (χ0n) is 9.32. The Morgan fingerprint density at radius 2 is 2.19 bits per heavy atom. The average Bonchev–Trinajstić information content (AvgIpc) is 2.80. The zero-order valence-corrected chi connectivity index (χ0v) is 9.32. The molecule has 0 aliphatic heterocycles. The van der Waals surface area contributed by atoms with E-state index in [1.54, 1.807) is 6.26 Å². The molecule has 1 aliphatic rings. The lowest BCUT2D eigenvalue weighted by molar-refractivity contribution is -0.122. The van der Waals surface area contributed by atoms with E-state index in [-0.39, 0.29) is 11.8 Å². The molecule has 1 amide bonds. The smallest absolute Gasteiger partial charge is 0.220 e. The normalized spacial score (nSPS) is 25.5. The van der Waals surface area contributed by atoms with Crippen LogP contribution >= 0.6 is 0 Å². The molecule has 4 heteroatoms. The Morgan fingerprint density at radius 3 is 2.75 bits per heavy atom.